The largest absolute Gasteiger partial charge is 0.264 e. The van der Waals surface area contributed by atoms with E-state index in [-0.39, 0.29) is 0 Å². The molecule has 2 aromatic carbocycles. The van der Waals surface area contributed by atoms with Crippen molar-refractivity contribution in [3.63, 3.8) is 0 Å². The van der Waals surface area contributed by atoms with Gasteiger partial charge in [0.1, 0.15) is 6.33 Å². The summed E-state index contributed by atoms with van der Waals surface area (Å²) in [5.41, 5.74) is 6.73. The number of pyridine rings is 1. The summed E-state index contributed by atoms with van der Waals surface area (Å²) in [6.07, 6.45) is 8.91. The van der Waals surface area contributed by atoms with Gasteiger partial charge in [-0.1, -0.05) is 48.5 Å². The summed E-state index contributed by atoms with van der Waals surface area (Å²) >= 11 is 0. The van der Waals surface area contributed by atoms with Gasteiger partial charge in [0, 0.05) is 35.9 Å². The lowest BCUT2D eigenvalue weighted by Crippen LogP contribution is -1.88. The standard InChI is InChI=1S/C21H15N3/c1-2-9-21(19-13-23-15-24-14-19)20(8-1)17-6-3-5-16(11-17)18-7-4-10-22-12-18/h1-15H. The zero-order valence-electron chi connectivity index (χ0n) is 13.0. The van der Waals surface area contributed by atoms with Crippen molar-refractivity contribution in [2.75, 3.05) is 0 Å². The third-order valence-electron chi connectivity index (χ3n) is 3.97. The van der Waals surface area contributed by atoms with Crippen molar-refractivity contribution in [2.45, 2.75) is 0 Å². The molecule has 114 valence electrons. The fraction of sp³-hybridized carbons (Fsp3) is 0. The Hall–Kier alpha value is -3.33. The summed E-state index contributed by atoms with van der Waals surface area (Å²) in [6.45, 7) is 0. The van der Waals surface area contributed by atoms with Gasteiger partial charge in [0.25, 0.3) is 0 Å². The third kappa shape index (κ3) is 2.79. The molecule has 0 N–H and O–H groups in total. The minimum absolute atomic E-state index is 1.01. The lowest BCUT2D eigenvalue weighted by molar-refractivity contribution is 1.17. The van der Waals surface area contributed by atoms with Gasteiger partial charge >= 0.3 is 0 Å². The molecule has 0 fully saturated rings. The molecule has 3 heteroatoms. The molecular weight excluding hydrogens is 294 g/mol. The molecule has 0 aliphatic heterocycles. The Morgan fingerprint density at radius 3 is 1.92 bits per heavy atom. The number of benzene rings is 2. The normalized spacial score (nSPS) is 10.5. The molecule has 0 spiro atoms. The minimum Gasteiger partial charge on any atom is -0.264 e. The van der Waals surface area contributed by atoms with Crippen molar-refractivity contribution in [3.8, 4) is 33.4 Å². The molecule has 2 aromatic heterocycles. The first kappa shape index (κ1) is 14.3. The van der Waals surface area contributed by atoms with Crippen LogP contribution >= 0.6 is 0 Å². The van der Waals surface area contributed by atoms with E-state index < -0.39 is 0 Å². The van der Waals surface area contributed by atoms with Crippen LogP contribution in [0.4, 0.5) is 0 Å². The first-order valence-electron chi connectivity index (χ1n) is 7.77. The second-order valence-corrected chi connectivity index (χ2v) is 5.50. The van der Waals surface area contributed by atoms with Crippen LogP contribution in [0.5, 0.6) is 0 Å². The van der Waals surface area contributed by atoms with E-state index in [4.69, 9.17) is 0 Å². The SMILES string of the molecule is c1cncc(-c2cccc(-c3ccccc3-c3cncnc3)c2)c1. The van der Waals surface area contributed by atoms with Gasteiger partial charge in [-0.2, -0.15) is 0 Å². The van der Waals surface area contributed by atoms with Crippen LogP contribution in [-0.4, -0.2) is 15.0 Å². The van der Waals surface area contributed by atoms with E-state index in [0.29, 0.717) is 0 Å². The number of hydrogen-bond acceptors (Lipinski definition) is 3. The lowest BCUT2D eigenvalue weighted by atomic mass is 9.94. The Labute approximate surface area is 140 Å². The monoisotopic (exact) mass is 309 g/mol. The molecule has 0 aliphatic carbocycles. The highest BCUT2D eigenvalue weighted by molar-refractivity contribution is 5.84. The smallest absolute Gasteiger partial charge is 0.115 e. The predicted octanol–water partition coefficient (Wildman–Crippen LogP) is 4.87. The van der Waals surface area contributed by atoms with E-state index >= 15 is 0 Å². The Kier molecular flexibility index (Phi) is 3.82. The molecular formula is C21H15N3. The molecule has 4 aromatic rings. The number of hydrogen-bond donors (Lipinski definition) is 0. The van der Waals surface area contributed by atoms with E-state index in [2.05, 4.69) is 63.5 Å². The maximum atomic E-state index is 4.21. The predicted molar refractivity (Wildman–Crippen MR) is 96.1 cm³/mol. The average Bonchev–Trinajstić information content (AvgIpc) is 2.69. The highest BCUT2D eigenvalue weighted by atomic mass is 14.8. The Morgan fingerprint density at radius 1 is 0.500 bits per heavy atom. The summed E-state index contributed by atoms with van der Waals surface area (Å²) in [7, 11) is 0. The minimum atomic E-state index is 1.01. The number of rotatable bonds is 3. The van der Waals surface area contributed by atoms with Gasteiger partial charge in [0.05, 0.1) is 0 Å². The van der Waals surface area contributed by atoms with Crippen LogP contribution in [0.25, 0.3) is 33.4 Å². The number of nitrogens with zero attached hydrogens (tertiary/aromatic N) is 3. The van der Waals surface area contributed by atoms with Crippen LogP contribution in [0.1, 0.15) is 0 Å². The molecule has 3 nitrogen and oxygen atoms in total. The second-order valence-electron chi connectivity index (χ2n) is 5.50. The summed E-state index contributed by atoms with van der Waals surface area (Å²) in [6, 6.07) is 20.9. The van der Waals surface area contributed by atoms with Crippen LogP contribution in [0.3, 0.4) is 0 Å². The Bertz CT molecular complexity index is 951. The van der Waals surface area contributed by atoms with Crippen LogP contribution in [-0.2, 0) is 0 Å². The first-order valence-corrected chi connectivity index (χ1v) is 7.77. The van der Waals surface area contributed by atoms with Gasteiger partial charge in [-0.3, -0.25) is 4.98 Å². The quantitative estimate of drug-likeness (QED) is 0.542. The van der Waals surface area contributed by atoms with Crippen molar-refractivity contribution >= 4 is 0 Å². The molecule has 4 rings (SSSR count). The van der Waals surface area contributed by atoms with E-state index in [1.807, 2.05) is 30.7 Å². The topological polar surface area (TPSA) is 38.7 Å². The molecule has 0 aliphatic rings. The molecule has 0 radical (unpaired) electrons. The zero-order valence-corrected chi connectivity index (χ0v) is 13.0. The van der Waals surface area contributed by atoms with Crippen LogP contribution in [0, 0.1) is 0 Å². The second kappa shape index (κ2) is 6.42. The molecule has 0 unspecified atom stereocenters. The summed E-state index contributed by atoms with van der Waals surface area (Å²) in [5, 5.41) is 0. The highest BCUT2D eigenvalue weighted by Crippen LogP contribution is 2.33. The van der Waals surface area contributed by atoms with E-state index in [9.17, 15) is 0 Å². The molecule has 0 atom stereocenters. The van der Waals surface area contributed by atoms with Gasteiger partial charge in [-0.05, 0) is 34.4 Å². The maximum absolute atomic E-state index is 4.21. The van der Waals surface area contributed by atoms with Crippen LogP contribution in [0.2, 0.25) is 0 Å². The molecule has 0 saturated heterocycles. The van der Waals surface area contributed by atoms with E-state index in [1.54, 1.807) is 12.5 Å². The third-order valence-corrected chi connectivity index (χ3v) is 3.97. The van der Waals surface area contributed by atoms with Crippen LogP contribution in [0.15, 0.2) is 91.8 Å². The molecule has 0 amide bonds. The van der Waals surface area contributed by atoms with Crippen LogP contribution < -0.4 is 0 Å². The fourth-order valence-electron chi connectivity index (χ4n) is 2.82. The van der Waals surface area contributed by atoms with Gasteiger partial charge < -0.3 is 0 Å². The molecule has 0 saturated carbocycles. The summed E-state index contributed by atoms with van der Waals surface area (Å²) < 4.78 is 0. The molecule has 24 heavy (non-hydrogen) atoms. The number of aromatic nitrogens is 3. The average molecular weight is 309 g/mol. The molecule has 0 bridgehead atoms. The highest BCUT2D eigenvalue weighted by Gasteiger charge is 2.08. The Morgan fingerprint density at radius 2 is 1.17 bits per heavy atom. The van der Waals surface area contributed by atoms with E-state index in [0.717, 1.165) is 33.4 Å². The van der Waals surface area contributed by atoms with Crippen molar-refractivity contribution < 1.29 is 0 Å². The van der Waals surface area contributed by atoms with Crippen molar-refractivity contribution in [1.82, 2.24) is 15.0 Å². The van der Waals surface area contributed by atoms with Gasteiger partial charge in [0.15, 0.2) is 0 Å². The zero-order chi connectivity index (χ0) is 16.2. The first-order chi connectivity index (χ1) is 11.9. The summed E-state index contributed by atoms with van der Waals surface area (Å²) in [5.74, 6) is 0. The van der Waals surface area contributed by atoms with Crippen molar-refractivity contribution in [2.24, 2.45) is 0 Å². The van der Waals surface area contributed by atoms with Gasteiger partial charge in [-0.15, -0.1) is 0 Å². The van der Waals surface area contributed by atoms with Crippen molar-refractivity contribution in [3.05, 3.63) is 91.8 Å². The fourth-order valence-corrected chi connectivity index (χ4v) is 2.82. The van der Waals surface area contributed by atoms with Gasteiger partial charge in [0.2, 0.25) is 0 Å². The molecule has 2 heterocycles. The lowest BCUT2D eigenvalue weighted by Gasteiger charge is -2.11. The Balaban J connectivity index is 1.84. The summed E-state index contributed by atoms with van der Waals surface area (Å²) in [4.78, 5) is 12.5. The van der Waals surface area contributed by atoms with Gasteiger partial charge in [-0.25, -0.2) is 9.97 Å². The maximum Gasteiger partial charge on any atom is 0.115 e. The van der Waals surface area contributed by atoms with E-state index in [1.165, 1.54) is 0 Å². The van der Waals surface area contributed by atoms with Crippen molar-refractivity contribution in [1.29, 1.82) is 0 Å².